The fourth-order valence-electron chi connectivity index (χ4n) is 3.03. The highest BCUT2D eigenvalue weighted by Crippen LogP contribution is 2.19. The normalized spacial score (nSPS) is 13.5. The van der Waals surface area contributed by atoms with Crippen molar-refractivity contribution in [2.45, 2.75) is 31.0 Å². The van der Waals surface area contributed by atoms with Gasteiger partial charge in [0.15, 0.2) is 0 Å². The highest BCUT2D eigenvalue weighted by atomic mass is 16.4. The van der Waals surface area contributed by atoms with Crippen molar-refractivity contribution < 1.29 is 34.2 Å². The molecular weight excluding hydrogens is 436 g/mol. The van der Waals surface area contributed by atoms with E-state index in [1.165, 1.54) is 0 Å². The Balaban J connectivity index is 1.97. The number of primary amides is 1. The minimum absolute atomic E-state index is 0.00155. The molecule has 178 valence electrons. The standard InChI is InChI=1S/C20H26N6O7/c21-12(9-27)18(30)26-14(6-16(22)28)19(31)24-8-17(29)25-15(20(32)33)5-10-7-23-13-4-2-1-3-11(10)13/h1-4,7,12,14-15,23,27H,5-6,8-9,21H2,(H2,22,28)(H,24,31)(H,25,29)(H,26,30)(H,32,33). The van der Waals surface area contributed by atoms with Gasteiger partial charge in [0.25, 0.3) is 0 Å². The number of aromatic amines is 1. The first-order valence-electron chi connectivity index (χ1n) is 9.92. The summed E-state index contributed by atoms with van der Waals surface area (Å²) in [5.41, 5.74) is 11.9. The summed E-state index contributed by atoms with van der Waals surface area (Å²) < 4.78 is 0. The number of aliphatic carboxylic acids is 1. The van der Waals surface area contributed by atoms with E-state index in [2.05, 4.69) is 20.9 Å². The van der Waals surface area contributed by atoms with E-state index in [-0.39, 0.29) is 6.42 Å². The van der Waals surface area contributed by atoms with Crippen LogP contribution in [0.25, 0.3) is 10.9 Å². The molecule has 13 heteroatoms. The number of aliphatic hydroxyl groups excluding tert-OH is 1. The minimum atomic E-state index is -1.43. The molecule has 10 N–H and O–H groups in total. The van der Waals surface area contributed by atoms with Crippen molar-refractivity contribution in [1.82, 2.24) is 20.9 Å². The number of nitrogens with two attached hydrogens (primary N) is 2. The summed E-state index contributed by atoms with van der Waals surface area (Å²) in [6.45, 7) is -1.31. The molecule has 2 rings (SSSR count). The summed E-state index contributed by atoms with van der Waals surface area (Å²) in [7, 11) is 0. The van der Waals surface area contributed by atoms with Gasteiger partial charge in [0.05, 0.1) is 19.6 Å². The molecule has 0 aliphatic rings. The number of carboxylic acid groups (broad SMARTS) is 1. The van der Waals surface area contributed by atoms with Crippen molar-refractivity contribution >= 4 is 40.5 Å². The number of carboxylic acids is 1. The number of aromatic nitrogens is 1. The quantitative estimate of drug-likeness (QED) is 0.162. The van der Waals surface area contributed by atoms with E-state index in [9.17, 15) is 29.1 Å². The lowest BCUT2D eigenvalue weighted by Gasteiger charge is -2.19. The lowest BCUT2D eigenvalue weighted by Crippen LogP contribution is -2.55. The second-order valence-electron chi connectivity index (χ2n) is 7.26. The van der Waals surface area contributed by atoms with Gasteiger partial charge in [0.1, 0.15) is 18.1 Å². The molecule has 0 fully saturated rings. The molecule has 13 nitrogen and oxygen atoms in total. The number of nitrogens with one attached hydrogen (secondary N) is 4. The lowest BCUT2D eigenvalue weighted by molar-refractivity contribution is -0.141. The van der Waals surface area contributed by atoms with Gasteiger partial charge in [-0.25, -0.2) is 4.79 Å². The molecule has 0 saturated carbocycles. The maximum absolute atomic E-state index is 12.3. The number of aliphatic hydroxyl groups is 1. The molecule has 0 spiro atoms. The third-order valence-corrected chi connectivity index (χ3v) is 4.73. The topological polar surface area (TPSA) is 230 Å². The zero-order valence-corrected chi connectivity index (χ0v) is 17.5. The molecule has 3 unspecified atom stereocenters. The molecule has 4 amide bonds. The molecule has 3 atom stereocenters. The number of amides is 4. The zero-order valence-electron chi connectivity index (χ0n) is 17.5. The molecule has 33 heavy (non-hydrogen) atoms. The molecule has 0 saturated heterocycles. The fraction of sp³-hybridized carbons (Fsp3) is 0.350. The number of rotatable bonds is 12. The molecule has 0 aliphatic carbocycles. The van der Waals surface area contributed by atoms with Crippen LogP contribution in [-0.4, -0.2) is 76.1 Å². The van der Waals surface area contributed by atoms with E-state index >= 15 is 0 Å². The maximum Gasteiger partial charge on any atom is 0.326 e. The van der Waals surface area contributed by atoms with Gasteiger partial charge in [-0.2, -0.15) is 0 Å². The number of hydrogen-bond acceptors (Lipinski definition) is 7. The van der Waals surface area contributed by atoms with Crippen molar-refractivity contribution in [2.24, 2.45) is 11.5 Å². The lowest BCUT2D eigenvalue weighted by atomic mass is 10.0. The number of fused-ring (bicyclic) bond motifs is 1. The van der Waals surface area contributed by atoms with Crippen LogP contribution in [0, 0.1) is 0 Å². The maximum atomic E-state index is 12.3. The largest absolute Gasteiger partial charge is 0.480 e. The van der Waals surface area contributed by atoms with Crippen LogP contribution < -0.4 is 27.4 Å². The molecule has 0 bridgehead atoms. The number of para-hydroxylation sites is 1. The van der Waals surface area contributed by atoms with Crippen LogP contribution in [0.4, 0.5) is 0 Å². The number of benzene rings is 1. The summed E-state index contributed by atoms with van der Waals surface area (Å²) in [6, 6.07) is 3.26. The molecule has 1 aromatic heterocycles. The van der Waals surface area contributed by atoms with Crippen molar-refractivity contribution in [3.05, 3.63) is 36.0 Å². The summed E-state index contributed by atoms with van der Waals surface area (Å²) in [4.78, 5) is 62.2. The number of H-pyrrole nitrogens is 1. The third-order valence-electron chi connectivity index (χ3n) is 4.73. The Morgan fingerprint density at radius 1 is 1.03 bits per heavy atom. The van der Waals surface area contributed by atoms with E-state index in [4.69, 9.17) is 16.6 Å². The molecule has 0 aliphatic heterocycles. The number of carbonyl (C=O) groups is 5. The zero-order chi connectivity index (χ0) is 24.5. The van der Waals surface area contributed by atoms with Gasteiger partial charge in [-0.15, -0.1) is 0 Å². The second-order valence-corrected chi connectivity index (χ2v) is 7.26. The molecule has 1 heterocycles. The van der Waals surface area contributed by atoms with Crippen LogP contribution in [0.5, 0.6) is 0 Å². The van der Waals surface area contributed by atoms with Crippen molar-refractivity contribution in [1.29, 1.82) is 0 Å². The van der Waals surface area contributed by atoms with E-state index in [1.807, 2.05) is 18.2 Å². The average molecular weight is 462 g/mol. The minimum Gasteiger partial charge on any atom is -0.480 e. The third kappa shape index (κ3) is 7.29. The first-order valence-corrected chi connectivity index (χ1v) is 9.92. The van der Waals surface area contributed by atoms with Crippen LogP contribution in [0.2, 0.25) is 0 Å². The SMILES string of the molecule is NC(=O)CC(NC(=O)C(N)CO)C(=O)NCC(=O)NC(Cc1c[nH]c2ccccc12)C(=O)O. The van der Waals surface area contributed by atoms with Crippen LogP contribution in [-0.2, 0) is 30.4 Å². The smallest absolute Gasteiger partial charge is 0.326 e. The van der Waals surface area contributed by atoms with Gasteiger partial charge in [-0.1, -0.05) is 18.2 Å². The van der Waals surface area contributed by atoms with Crippen LogP contribution in [0.3, 0.4) is 0 Å². The summed E-state index contributed by atoms with van der Waals surface area (Å²) in [5.74, 6) is -4.77. The van der Waals surface area contributed by atoms with Gasteiger partial charge < -0.3 is 42.6 Å². The molecular formula is C20H26N6O7. The Kier molecular flexibility index (Phi) is 8.89. The Morgan fingerprint density at radius 2 is 1.73 bits per heavy atom. The van der Waals surface area contributed by atoms with Crippen LogP contribution in [0.15, 0.2) is 30.5 Å². The van der Waals surface area contributed by atoms with Crippen molar-refractivity contribution in [3.63, 3.8) is 0 Å². The van der Waals surface area contributed by atoms with Gasteiger partial charge in [0, 0.05) is 23.5 Å². The Bertz CT molecular complexity index is 1040. The van der Waals surface area contributed by atoms with Gasteiger partial charge >= 0.3 is 5.97 Å². The highest BCUT2D eigenvalue weighted by Gasteiger charge is 2.26. The van der Waals surface area contributed by atoms with E-state index in [0.29, 0.717) is 5.56 Å². The monoisotopic (exact) mass is 462 g/mol. The van der Waals surface area contributed by atoms with E-state index in [1.54, 1.807) is 12.3 Å². The van der Waals surface area contributed by atoms with Gasteiger partial charge in [0.2, 0.25) is 23.6 Å². The van der Waals surface area contributed by atoms with Gasteiger partial charge in [-0.3, -0.25) is 19.2 Å². The fourth-order valence-corrected chi connectivity index (χ4v) is 3.03. The van der Waals surface area contributed by atoms with E-state index < -0.39 is 67.3 Å². The predicted octanol–water partition coefficient (Wildman–Crippen LogP) is -2.92. The Hall–Kier alpha value is -3.97. The summed E-state index contributed by atoms with van der Waals surface area (Å²) in [6.07, 6.45) is 1.08. The highest BCUT2D eigenvalue weighted by molar-refractivity contribution is 5.95. The molecule has 0 radical (unpaired) electrons. The predicted molar refractivity (Wildman–Crippen MR) is 115 cm³/mol. The first-order chi connectivity index (χ1) is 15.6. The number of hydrogen-bond donors (Lipinski definition) is 8. The van der Waals surface area contributed by atoms with Crippen LogP contribution >= 0.6 is 0 Å². The second kappa shape index (κ2) is 11.6. The summed E-state index contributed by atoms with van der Waals surface area (Å²) >= 11 is 0. The van der Waals surface area contributed by atoms with Crippen molar-refractivity contribution in [2.75, 3.05) is 13.2 Å². The average Bonchev–Trinajstić information content (AvgIpc) is 3.18. The Labute approximate surface area is 187 Å². The first kappa shape index (κ1) is 25.3. The molecule has 1 aromatic carbocycles. The number of carbonyl (C=O) groups excluding carboxylic acids is 4. The molecule has 2 aromatic rings. The van der Waals surface area contributed by atoms with Gasteiger partial charge in [-0.05, 0) is 11.6 Å². The van der Waals surface area contributed by atoms with Crippen LogP contribution in [0.1, 0.15) is 12.0 Å². The van der Waals surface area contributed by atoms with Crippen molar-refractivity contribution in [3.8, 4) is 0 Å². The summed E-state index contributed by atoms with van der Waals surface area (Å²) in [5, 5.41) is 25.9. The Morgan fingerprint density at radius 3 is 2.36 bits per heavy atom. The van der Waals surface area contributed by atoms with E-state index in [0.717, 1.165) is 10.9 Å².